The first kappa shape index (κ1) is 13.7. The van der Waals surface area contributed by atoms with Gasteiger partial charge in [-0.05, 0) is 17.9 Å². The van der Waals surface area contributed by atoms with Gasteiger partial charge in [0.1, 0.15) is 0 Å². The zero-order valence-corrected chi connectivity index (χ0v) is 10.4. The summed E-state index contributed by atoms with van der Waals surface area (Å²) in [7, 11) is 0. The lowest BCUT2D eigenvalue weighted by Crippen LogP contribution is -2.44. The van der Waals surface area contributed by atoms with Crippen LogP contribution in [0.2, 0.25) is 0 Å². The van der Waals surface area contributed by atoms with Crippen molar-refractivity contribution in [2.45, 2.75) is 31.8 Å². The molecule has 0 fully saturated rings. The molecule has 0 aliphatic carbocycles. The van der Waals surface area contributed by atoms with Gasteiger partial charge in [-0.3, -0.25) is 4.79 Å². The zero-order chi connectivity index (χ0) is 12.8. The van der Waals surface area contributed by atoms with Gasteiger partial charge in [0, 0.05) is 4.88 Å². The van der Waals surface area contributed by atoms with E-state index in [0.717, 1.165) is 6.42 Å². The Bertz CT molecular complexity index is 378. The Labute approximate surface area is 104 Å². The predicted octanol–water partition coefficient (Wildman–Crippen LogP) is 1.12. The SMILES string of the molecule is CCC[C@H](N)C(=O)NC(C(=O)O)c1cccs1. The zero-order valence-electron chi connectivity index (χ0n) is 9.55. The first-order valence-electron chi connectivity index (χ1n) is 5.38. The van der Waals surface area contributed by atoms with Gasteiger partial charge in [-0.2, -0.15) is 0 Å². The number of nitrogens with two attached hydrogens (primary N) is 1. The molecule has 6 heteroatoms. The number of amides is 1. The maximum absolute atomic E-state index is 11.6. The number of carboxylic acids is 1. The van der Waals surface area contributed by atoms with E-state index in [4.69, 9.17) is 10.8 Å². The van der Waals surface area contributed by atoms with Crippen LogP contribution < -0.4 is 11.1 Å². The summed E-state index contributed by atoms with van der Waals surface area (Å²) >= 11 is 1.29. The summed E-state index contributed by atoms with van der Waals surface area (Å²) < 4.78 is 0. The van der Waals surface area contributed by atoms with Gasteiger partial charge in [-0.1, -0.05) is 19.4 Å². The summed E-state index contributed by atoms with van der Waals surface area (Å²) in [5.41, 5.74) is 5.63. The van der Waals surface area contributed by atoms with Crippen LogP contribution in [0.3, 0.4) is 0 Å². The number of hydrogen-bond donors (Lipinski definition) is 3. The molecule has 1 heterocycles. The third-order valence-corrected chi connectivity index (χ3v) is 3.23. The maximum Gasteiger partial charge on any atom is 0.331 e. The van der Waals surface area contributed by atoms with E-state index in [-0.39, 0.29) is 0 Å². The number of aliphatic carboxylic acids is 1. The fourth-order valence-corrected chi connectivity index (χ4v) is 2.17. The number of carbonyl (C=O) groups is 2. The standard InChI is InChI=1S/C11H16N2O3S/c1-2-4-7(12)10(14)13-9(11(15)16)8-5-3-6-17-8/h3,5-7,9H,2,4,12H2,1H3,(H,13,14)(H,15,16)/t7-,9?/m0/s1. The average Bonchev–Trinajstić information content (AvgIpc) is 2.78. The number of hydrogen-bond acceptors (Lipinski definition) is 4. The summed E-state index contributed by atoms with van der Waals surface area (Å²) in [6.45, 7) is 1.92. The van der Waals surface area contributed by atoms with Crippen LogP contribution in [0.15, 0.2) is 17.5 Å². The van der Waals surface area contributed by atoms with Crippen molar-refractivity contribution in [3.63, 3.8) is 0 Å². The highest BCUT2D eigenvalue weighted by atomic mass is 32.1. The van der Waals surface area contributed by atoms with Crippen molar-refractivity contribution in [1.29, 1.82) is 0 Å². The molecule has 0 saturated heterocycles. The molecule has 0 aliphatic rings. The molecule has 1 unspecified atom stereocenters. The number of nitrogens with one attached hydrogen (secondary N) is 1. The van der Waals surface area contributed by atoms with Crippen molar-refractivity contribution in [1.82, 2.24) is 5.32 Å². The normalized spacial score (nSPS) is 14.0. The molecule has 0 radical (unpaired) electrons. The molecule has 0 saturated carbocycles. The van der Waals surface area contributed by atoms with Crippen LogP contribution in [-0.4, -0.2) is 23.0 Å². The van der Waals surface area contributed by atoms with Crippen molar-refractivity contribution >= 4 is 23.2 Å². The fraction of sp³-hybridized carbons (Fsp3) is 0.455. The predicted molar refractivity (Wildman–Crippen MR) is 65.7 cm³/mol. The van der Waals surface area contributed by atoms with Crippen LogP contribution in [0.25, 0.3) is 0 Å². The smallest absolute Gasteiger partial charge is 0.331 e. The van der Waals surface area contributed by atoms with Gasteiger partial charge in [0.05, 0.1) is 6.04 Å². The monoisotopic (exact) mass is 256 g/mol. The van der Waals surface area contributed by atoms with Gasteiger partial charge in [-0.25, -0.2) is 4.79 Å². The Morgan fingerprint density at radius 1 is 1.59 bits per heavy atom. The van der Waals surface area contributed by atoms with Crippen molar-refractivity contribution < 1.29 is 14.7 Å². The second-order valence-corrected chi connectivity index (χ2v) is 4.67. The molecule has 5 nitrogen and oxygen atoms in total. The summed E-state index contributed by atoms with van der Waals surface area (Å²) in [4.78, 5) is 23.3. The van der Waals surface area contributed by atoms with E-state index in [0.29, 0.717) is 11.3 Å². The van der Waals surface area contributed by atoms with Gasteiger partial charge in [0.2, 0.25) is 5.91 Å². The lowest BCUT2D eigenvalue weighted by Gasteiger charge is -2.16. The Morgan fingerprint density at radius 2 is 2.29 bits per heavy atom. The molecule has 0 aliphatic heterocycles. The Kier molecular flexibility index (Phi) is 5.11. The molecule has 2 atom stereocenters. The molecule has 0 bridgehead atoms. The summed E-state index contributed by atoms with van der Waals surface area (Å²) in [6, 6.07) is 1.76. The van der Waals surface area contributed by atoms with Crippen LogP contribution >= 0.6 is 11.3 Å². The Morgan fingerprint density at radius 3 is 2.76 bits per heavy atom. The van der Waals surface area contributed by atoms with Crippen molar-refractivity contribution in [3.05, 3.63) is 22.4 Å². The molecule has 4 N–H and O–H groups in total. The number of thiophene rings is 1. The average molecular weight is 256 g/mol. The van der Waals surface area contributed by atoms with E-state index in [1.54, 1.807) is 17.5 Å². The van der Waals surface area contributed by atoms with E-state index < -0.39 is 24.0 Å². The Hall–Kier alpha value is -1.40. The molecule has 1 rings (SSSR count). The highest BCUT2D eigenvalue weighted by Crippen LogP contribution is 2.19. The third kappa shape index (κ3) is 3.83. The largest absolute Gasteiger partial charge is 0.479 e. The molecule has 17 heavy (non-hydrogen) atoms. The summed E-state index contributed by atoms with van der Waals surface area (Å²) in [5, 5.41) is 13.3. The van der Waals surface area contributed by atoms with Gasteiger partial charge < -0.3 is 16.2 Å². The fourth-order valence-electron chi connectivity index (χ4n) is 1.40. The minimum absolute atomic E-state index is 0.423. The van der Waals surface area contributed by atoms with Crippen LogP contribution in [0, 0.1) is 0 Å². The summed E-state index contributed by atoms with van der Waals surface area (Å²) in [5.74, 6) is -1.50. The van der Waals surface area contributed by atoms with Crippen molar-refractivity contribution in [2.24, 2.45) is 5.73 Å². The maximum atomic E-state index is 11.6. The topological polar surface area (TPSA) is 92.4 Å². The summed E-state index contributed by atoms with van der Waals surface area (Å²) in [6.07, 6.45) is 1.33. The highest BCUT2D eigenvalue weighted by molar-refractivity contribution is 7.10. The first-order valence-corrected chi connectivity index (χ1v) is 6.26. The van der Waals surface area contributed by atoms with E-state index in [9.17, 15) is 9.59 Å². The van der Waals surface area contributed by atoms with Gasteiger partial charge in [-0.15, -0.1) is 11.3 Å². The third-order valence-electron chi connectivity index (χ3n) is 2.30. The highest BCUT2D eigenvalue weighted by Gasteiger charge is 2.25. The molecule has 1 aromatic heterocycles. The number of rotatable bonds is 6. The van der Waals surface area contributed by atoms with E-state index in [1.807, 2.05) is 6.92 Å². The Balaban J connectivity index is 2.69. The second-order valence-electron chi connectivity index (χ2n) is 3.69. The van der Waals surface area contributed by atoms with Crippen LogP contribution in [0.4, 0.5) is 0 Å². The van der Waals surface area contributed by atoms with Crippen LogP contribution in [0.1, 0.15) is 30.7 Å². The van der Waals surface area contributed by atoms with Crippen molar-refractivity contribution in [2.75, 3.05) is 0 Å². The lowest BCUT2D eigenvalue weighted by atomic mass is 10.1. The number of carboxylic acid groups (broad SMARTS) is 1. The molecular weight excluding hydrogens is 240 g/mol. The van der Waals surface area contributed by atoms with Crippen molar-refractivity contribution in [3.8, 4) is 0 Å². The molecule has 1 aromatic rings. The quantitative estimate of drug-likeness (QED) is 0.711. The number of carbonyl (C=O) groups excluding carboxylic acids is 1. The molecule has 1 amide bonds. The van der Waals surface area contributed by atoms with E-state index >= 15 is 0 Å². The second kappa shape index (κ2) is 6.36. The lowest BCUT2D eigenvalue weighted by molar-refractivity contribution is -0.142. The van der Waals surface area contributed by atoms with Gasteiger partial charge in [0.25, 0.3) is 0 Å². The van der Waals surface area contributed by atoms with E-state index in [2.05, 4.69) is 5.32 Å². The minimum atomic E-state index is -1.08. The molecule has 94 valence electrons. The van der Waals surface area contributed by atoms with Gasteiger partial charge in [0.15, 0.2) is 6.04 Å². The van der Waals surface area contributed by atoms with Crippen LogP contribution in [-0.2, 0) is 9.59 Å². The van der Waals surface area contributed by atoms with E-state index in [1.165, 1.54) is 11.3 Å². The first-order chi connectivity index (χ1) is 8.06. The van der Waals surface area contributed by atoms with Crippen LogP contribution in [0.5, 0.6) is 0 Å². The molecule has 0 spiro atoms. The minimum Gasteiger partial charge on any atom is -0.479 e. The molecule has 0 aromatic carbocycles. The van der Waals surface area contributed by atoms with Gasteiger partial charge >= 0.3 is 5.97 Å². The molecular formula is C11H16N2O3S.